The van der Waals surface area contributed by atoms with Crippen LogP contribution in [0.4, 0.5) is 11.4 Å². The van der Waals surface area contributed by atoms with Crippen molar-refractivity contribution in [1.82, 2.24) is 19.4 Å². The molecule has 5 heteroatoms. The van der Waals surface area contributed by atoms with Gasteiger partial charge in [0.05, 0.1) is 18.0 Å². The zero-order valence-electron chi connectivity index (χ0n) is 18.2. The van der Waals surface area contributed by atoms with Gasteiger partial charge in [0.25, 0.3) is 0 Å². The van der Waals surface area contributed by atoms with E-state index in [1.54, 1.807) is 0 Å². The van der Waals surface area contributed by atoms with Crippen molar-refractivity contribution in [3.63, 3.8) is 0 Å². The molecule has 2 aliphatic rings. The smallest absolute Gasteiger partial charge is 0.107 e. The third kappa shape index (κ3) is 3.80. The van der Waals surface area contributed by atoms with Crippen molar-refractivity contribution < 1.29 is 0 Å². The van der Waals surface area contributed by atoms with Crippen LogP contribution in [0.5, 0.6) is 0 Å². The summed E-state index contributed by atoms with van der Waals surface area (Å²) >= 11 is 0. The van der Waals surface area contributed by atoms with Gasteiger partial charge in [0.2, 0.25) is 0 Å². The van der Waals surface area contributed by atoms with E-state index >= 15 is 0 Å². The lowest BCUT2D eigenvalue weighted by Gasteiger charge is -2.23. The number of imidazole rings is 1. The Morgan fingerprint density at radius 2 is 1.66 bits per heavy atom. The fraction of sp³-hybridized carbons (Fsp3) is 0.259. The largest absolute Gasteiger partial charge is 0.355 e. The fourth-order valence-electron chi connectivity index (χ4n) is 4.89. The van der Waals surface area contributed by atoms with Gasteiger partial charge < -0.3 is 9.88 Å². The van der Waals surface area contributed by atoms with E-state index in [4.69, 9.17) is 0 Å². The molecular weight excluding hydrogens is 394 g/mol. The number of pyridine rings is 1. The van der Waals surface area contributed by atoms with Crippen LogP contribution in [-0.4, -0.2) is 32.5 Å². The van der Waals surface area contributed by atoms with Gasteiger partial charge in [-0.15, -0.1) is 0 Å². The summed E-state index contributed by atoms with van der Waals surface area (Å²) in [6, 6.07) is 15.8. The Morgan fingerprint density at radius 1 is 0.875 bits per heavy atom. The van der Waals surface area contributed by atoms with Crippen molar-refractivity contribution in [3.8, 4) is 0 Å². The molecule has 2 aromatic carbocycles. The molecule has 4 heterocycles. The third-order valence-electron chi connectivity index (χ3n) is 6.60. The Hall–Kier alpha value is -3.44. The molecule has 0 amide bonds. The first-order valence-electron chi connectivity index (χ1n) is 11.4. The molecule has 5 nitrogen and oxygen atoms in total. The quantitative estimate of drug-likeness (QED) is 0.467. The van der Waals surface area contributed by atoms with Crippen LogP contribution in [0.1, 0.15) is 28.7 Å². The summed E-state index contributed by atoms with van der Waals surface area (Å²) in [6.07, 6.45) is 13.4. The number of rotatable bonds is 4. The Kier molecular flexibility index (Phi) is 4.96. The van der Waals surface area contributed by atoms with Crippen LogP contribution >= 0.6 is 0 Å². The fourth-order valence-corrected chi connectivity index (χ4v) is 4.89. The van der Waals surface area contributed by atoms with Gasteiger partial charge in [0.15, 0.2) is 0 Å². The molecule has 0 radical (unpaired) electrons. The summed E-state index contributed by atoms with van der Waals surface area (Å²) < 4.78 is 2.19. The number of nitrogens with one attached hydrogen (secondary N) is 1. The number of fused-ring (bicyclic) bond motifs is 3. The molecule has 2 aliphatic heterocycles. The highest BCUT2D eigenvalue weighted by Crippen LogP contribution is 2.32. The maximum absolute atomic E-state index is 4.48. The SMILES string of the molecule is C1=CCN(Cc2ccc3c(c2)CCc2cc(Cn4cnc5cnccc54)ccc2N3)CC1. The Bertz CT molecular complexity index is 1300. The van der Waals surface area contributed by atoms with Crippen LogP contribution < -0.4 is 5.32 Å². The first kappa shape index (κ1) is 19.3. The lowest BCUT2D eigenvalue weighted by atomic mass is 10.0. The zero-order chi connectivity index (χ0) is 21.3. The first-order chi connectivity index (χ1) is 15.8. The van der Waals surface area contributed by atoms with Gasteiger partial charge in [0.1, 0.15) is 5.52 Å². The van der Waals surface area contributed by atoms with Gasteiger partial charge >= 0.3 is 0 Å². The lowest BCUT2D eigenvalue weighted by molar-refractivity contribution is 0.290. The molecule has 0 aliphatic carbocycles. The number of hydrogen-bond donors (Lipinski definition) is 1. The van der Waals surface area contributed by atoms with Crippen LogP contribution in [0.2, 0.25) is 0 Å². The van der Waals surface area contributed by atoms with Gasteiger partial charge in [0, 0.05) is 43.8 Å². The van der Waals surface area contributed by atoms with E-state index in [0.717, 1.165) is 56.5 Å². The van der Waals surface area contributed by atoms with Gasteiger partial charge in [-0.2, -0.15) is 0 Å². The minimum atomic E-state index is 0.815. The summed E-state index contributed by atoms with van der Waals surface area (Å²) in [4.78, 5) is 11.2. The molecule has 6 rings (SSSR count). The molecule has 2 aromatic heterocycles. The van der Waals surface area contributed by atoms with Gasteiger partial charge in [-0.05, 0) is 59.7 Å². The van der Waals surface area contributed by atoms with Crippen molar-refractivity contribution in [2.75, 3.05) is 18.4 Å². The van der Waals surface area contributed by atoms with Gasteiger partial charge in [-0.3, -0.25) is 9.88 Å². The Balaban J connectivity index is 1.21. The topological polar surface area (TPSA) is 46.0 Å². The van der Waals surface area contributed by atoms with E-state index in [2.05, 4.69) is 73.3 Å². The number of aryl methyl sites for hydroxylation is 2. The molecule has 0 unspecified atom stereocenters. The van der Waals surface area contributed by atoms with E-state index in [1.165, 1.54) is 33.6 Å². The summed E-state index contributed by atoms with van der Waals surface area (Å²) in [6.45, 7) is 4.06. The van der Waals surface area contributed by atoms with Crippen molar-refractivity contribution in [2.45, 2.75) is 32.4 Å². The minimum absolute atomic E-state index is 0.815. The van der Waals surface area contributed by atoms with E-state index in [0.29, 0.717) is 0 Å². The number of anilines is 2. The second kappa shape index (κ2) is 8.24. The number of hydrogen-bond acceptors (Lipinski definition) is 4. The van der Waals surface area contributed by atoms with Crippen LogP contribution in [0.15, 0.2) is 73.3 Å². The van der Waals surface area contributed by atoms with Crippen LogP contribution in [0.3, 0.4) is 0 Å². The van der Waals surface area contributed by atoms with Crippen molar-refractivity contribution in [1.29, 1.82) is 0 Å². The molecule has 32 heavy (non-hydrogen) atoms. The number of aromatic nitrogens is 3. The average molecular weight is 422 g/mol. The van der Waals surface area contributed by atoms with Gasteiger partial charge in [-0.25, -0.2) is 4.98 Å². The molecule has 0 bridgehead atoms. The maximum atomic E-state index is 4.48. The van der Waals surface area contributed by atoms with E-state index in [-0.39, 0.29) is 0 Å². The second-order valence-electron chi connectivity index (χ2n) is 8.84. The molecule has 160 valence electrons. The highest BCUT2D eigenvalue weighted by atomic mass is 15.1. The van der Waals surface area contributed by atoms with E-state index < -0.39 is 0 Å². The van der Waals surface area contributed by atoms with E-state index in [1.807, 2.05) is 24.8 Å². The minimum Gasteiger partial charge on any atom is -0.355 e. The monoisotopic (exact) mass is 421 g/mol. The molecule has 0 fully saturated rings. The summed E-state index contributed by atoms with van der Waals surface area (Å²) in [7, 11) is 0. The number of nitrogens with zero attached hydrogens (tertiary/aromatic N) is 4. The van der Waals surface area contributed by atoms with Crippen molar-refractivity contribution in [2.24, 2.45) is 0 Å². The molecule has 0 saturated heterocycles. The van der Waals surface area contributed by atoms with Crippen molar-refractivity contribution >= 4 is 22.4 Å². The van der Waals surface area contributed by atoms with E-state index in [9.17, 15) is 0 Å². The summed E-state index contributed by atoms with van der Waals surface area (Å²) in [5, 5.41) is 3.70. The highest BCUT2D eigenvalue weighted by Gasteiger charge is 2.15. The molecule has 0 spiro atoms. The van der Waals surface area contributed by atoms with Crippen LogP contribution in [0.25, 0.3) is 11.0 Å². The number of benzene rings is 2. The summed E-state index contributed by atoms with van der Waals surface area (Å²) in [5.41, 5.74) is 10.0. The molecular formula is C27H27N5. The molecule has 0 atom stereocenters. The maximum Gasteiger partial charge on any atom is 0.107 e. The average Bonchev–Trinajstić information content (AvgIpc) is 3.14. The Morgan fingerprint density at radius 3 is 2.41 bits per heavy atom. The standard InChI is InChI=1S/C27H27N5/c1-2-12-31(13-3-1)17-20-4-8-24-22(14-20)6-7-23-15-21(5-9-25(23)30-24)18-32-19-29-26-16-28-11-10-27(26)32/h1-2,4-5,8-11,14-16,19,30H,3,6-7,12-13,17-18H2. The predicted octanol–water partition coefficient (Wildman–Crippen LogP) is 5.08. The van der Waals surface area contributed by atoms with Gasteiger partial charge in [-0.1, -0.05) is 36.4 Å². The predicted molar refractivity (Wildman–Crippen MR) is 129 cm³/mol. The molecule has 4 aromatic rings. The van der Waals surface area contributed by atoms with Crippen molar-refractivity contribution in [3.05, 3.63) is 95.6 Å². The lowest BCUT2D eigenvalue weighted by Crippen LogP contribution is -2.26. The van der Waals surface area contributed by atoms with Crippen LogP contribution in [-0.2, 0) is 25.9 Å². The third-order valence-corrected chi connectivity index (χ3v) is 6.60. The highest BCUT2D eigenvalue weighted by molar-refractivity contribution is 5.74. The normalized spacial score (nSPS) is 15.8. The molecule has 0 saturated carbocycles. The second-order valence-corrected chi connectivity index (χ2v) is 8.84. The zero-order valence-corrected chi connectivity index (χ0v) is 18.2. The summed E-state index contributed by atoms with van der Waals surface area (Å²) in [5.74, 6) is 0. The van der Waals surface area contributed by atoms with Crippen LogP contribution in [0, 0.1) is 0 Å². The molecule has 1 N–H and O–H groups in total. The first-order valence-corrected chi connectivity index (χ1v) is 11.4. The Labute approximate surface area is 188 Å².